The SMILES string of the molecule is C=CCN1C=C([N+](=O)[O-])CC([N+](=O)[O-])=C1. The molecule has 0 amide bonds. The summed E-state index contributed by atoms with van der Waals surface area (Å²) in [5.41, 5.74) is -0.378. The third-order valence-corrected chi connectivity index (χ3v) is 1.80. The average molecular weight is 211 g/mol. The Hall–Kier alpha value is -2.18. The smallest absolute Gasteiger partial charge is 0.273 e. The van der Waals surface area contributed by atoms with Crippen LogP contribution in [0.15, 0.2) is 36.4 Å². The first-order chi connectivity index (χ1) is 7.04. The highest BCUT2D eigenvalue weighted by Gasteiger charge is 2.27. The molecule has 0 bridgehead atoms. The summed E-state index contributed by atoms with van der Waals surface area (Å²) in [6, 6.07) is 0. The molecule has 0 fully saturated rings. The van der Waals surface area contributed by atoms with Gasteiger partial charge in [-0.05, 0) is 0 Å². The summed E-state index contributed by atoms with van der Waals surface area (Å²) in [6.45, 7) is 3.75. The van der Waals surface area contributed by atoms with Crippen LogP contribution in [0.3, 0.4) is 0 Å². The largest absolute Gasteiger partial charge is 0.339 e. The van der Waals surface area contributed by atoms with Crippen LogP contribution >= 0.6 is 0 Å². The summed E-state index contributed by atoms with van der Waals surface area (Å²) >= 11 is 0. The minimum atomic E-state index is -0.618. The van der Waals surface area contributed by atoms with Crippen molar-refractivity contribution in [2.45, 2.75) is 6.42 Å². The maximum atomic E-state index is 10.5. The van der Waals surface area contributed by atoms with Crippen LogP contribution < -0.4 is 0 Å². The molecule has 7 nitrogen and oxygen atoms in total. The Bertz CT molecular complexity index is 342. The number of hydrogen-bond donors (Lipinski definition) is 0. The van der Waals surface area contributed by atoms with E-state index in [2.05, 4.69) is 6.58 Å². The van der Waals surface area contributed by atoms with Crippen LogP contribution in [0.4, 0.5) is 0 Å². The molecule has 0 saturated heterocycles. The molecular formula is C8H9N3O4. The Morgan fingerprint density at radius 3 is 2.13 bits per heavy atom. The van der Waals surface area contributed by atoms with Gasteiger partial charge in [0.15, 0.2) is 0 Å². The minimum absolute atomic E-state index is 0.189. The van der Waals surface area contributed by atoms with E-state index >= 15 is 0 Å². The van der Waals surface area contributed by atoms with Gasteiger partial charge in [-0.15, -0.1) is 6.58 Å². The van der Waals surface area contributed by atoms with E-state index in [1.54, 1.807) is 0 Å². The monoisotopic (exact) mass is 211 g/mol. The fourth-order valence-electron chi connectivity index (χ4n) is 1.17. The normalized spacial score (nSPS) is 15.3. The van der Waals surface area contributed by atoms with Crippen molar-refractivity contribution in [2.24, 2.45) is 0 Å². The highest BCUT2D eigenvalue weighted by molar-refractivity contribution is 5.12. The highest BCUT2D eigenvalue weighted by atomic mass is 16.6. The number of nitrogens with zero attached hydrogens (tertiary/aromatic N) is 3. The van der Waals surface area contributed by atoms with Crippen LogP contribution in [0.5, 0.6) is 0 Å². The van der Waals surface area contributed by atoms with Gasteiger partial charge in [0, 0.05) is 6.54 Å². The lowest BCUT2D eigenvalue weighted by molar-refractivity contribution is -0.452. The molecule has 0 atom stereocenters. The summed E-state index contributed by atoms with van der Waals surface area (Å²) in [4.78, 5) is 21.1. The Labute approximate surface area is 85.3 Å². The third-order valence-electron chi connectivity index (χ3n) is 1.80. The fraction of sp³-hybridized carbons (Fsp3) is 0.250. The van der Waals surface area contributed by atoms with Crippen molar-refractivity contribution in [2.75, 3.05) is 6.54 Å². The molecule has 0 aromatic rings. The van der Waals surface area contributed by atoms with Crippen molar-refractivity contribution in [1.82, 2.24) is 4.90 Å². The van der Waals surface area contributed by atoms with Gasteiger partial charge >= 0.3 is 0 Å². The second-order valence-corrected chi connectivity index (χ2v) is 2.92. The molecule has 0 N–H and O–H groups in total. The fourth-order valence-corrected chi connectivity index (χ4v) is 1.17. The predicted octanol–water partition coefficient (Wildman–Crippen LogP) is 1.11. The molecule has 0 aliphatic carbocycles. The molecule has 7 heteroatoms. The predicted molar refractivity (Wildman–Crippen MR) is 51.7 cm³/mol. The van der Waals surface area contributed by atoms with E-state index in [0.717, 1.165) is 0 Å². The zero-order valence-electron chi connectivity index (χ0n) is 7.83. The molecule has 0 aromatic carbocycles. The Kier molecular flexibility index (Phi) is 3.17. The first-order valence-corrected chi connectivity index (χ1v) is 4.11. The van der Waals surface area contributed by atoms with Crippen LogP contribution in [-0.2, 0) is 0 Å². The van der Waals surface area contributed by atoms with E-state index in [4.69, 9.17) is 0 Å². The Morgan fingerprint density at radius 1 is 1.33 bits per heavy atom. The summed E-state index contributed by atoms with van der Waals surface area (Å²) < 4.78 is 0. The maximum absolute atomic E-state index is 10.5. The second kappa shape index (κ2) is 4.36. The Balaban J connectivity index is 2.93. The maximum Gasteiger partial charge on any atom is 0.273 e. The van der Waals surface area contributed by atoms with Crippen LogP contribution in [0.1, 0.15) is 6.42 Å². The zero-order chi connectivity index (χ0) is 11.4. The van der Waals surface area contributed by atoms with Gasteiger partial charge in [0.1, 0.15) is 6.42 Å². The van der Waals surface area contributed by atoms with E-state index < -0.39 is 9.85 Å². The molecule has 0 radical (unpaired) electrons. The quantitative estimate of drug-likeness (QED) is 0.394. The summed E-state index contributed by atoms with van der Waals surface area (Å²) in [7, 11) is 0. The lowest BCUT2D eigenvalue weighted by atomic mass is 10.2. The van der Waals surface area contributed by atoms with Crippen LogP contribution in [-0.4, -0.2) is 21.3 Å². The number of hydrogen-bond acceptors (Lipinski definition) is 5. The molecule has 0 unspecified atom stereocenters. The van der Waals surface area contributed by atoms with Crippen molar-refractivity contribution >= 4 is 0 Å². The van der Waals surface area contributed by atoms with Crippen molar-refractivity contribution in [3.63, 3.8) is 0 Å². The minimum Gasteiger partial charge on any atom is -0.339 e. The van der Waals surface area contributed by atoms with Gasteiger partial charge in [-0.3, -0.25) is 20.2 Å². The summed E-state index contributed by atoms with van der Waals surface area (Å²) in [5, 5.41) is 21.0. The summed E-state index contributed by atoms with van der Waals surface area (Å²) in [5.74, 6) is 0. The standard InChI is InChI=1S/C8H9N3O4/c1-2-3-9-5-7(10(12)13)4-8(6-9)11(14)15/h2,5-6H,1,3-4H2. The number of rotatable bonds is 4. The van der Waals surface area contributed by atoms with Crippen LogP contribution in [0.2, 0.25) is 0 Å². The van der Waals surface area contributed by atoms with E-state index in [1.165, 1.54) is 23.4 Å². The molecule has 0 spiro atoms. The van der Waals surface area contributed by atoms with Gasteiger partial charge in [0.25, 0.3) is 11.4 Å². The first-order valence-electron chi connectivity index (χ1n) is 4.11. The molecule has 1 heterocycles. The molecule has 80 valence electrons. The van der Waals surface area contributed by atoms with Gasteiger partial charge in [-0.2, -0.15) is 0 Å². The number of nitro groups is 2. The lowest BCUT2D eigenvalue weighted by Crippen LogP contribution is -2.20. The van der Waals surface area contributed by atoms with Crippen molar-refractivity contribution in [3.8, 4) is 0 Å². The average Bonchev–Trinajstić information content (AvgIpc) is 2.17. The molecule has 1 rings (SSSR count). The molecule has 15 heavy (non-hydrogen) atoms. The van der Waals surface area contributed by atoms with Crippen molar-refractivity contribution in [1.29, 1.82) is 0 Å². The van der Waals surface area contributed by atoms with E-state index in [0.29, 0.717) is 6.54 Å². The molecule has 1 aliphatic heterocycles. The molecule has 0 saturated carbocycles. The second-order valence-electron chi connectivity index (χ2n) is 2.92. The molecule has 1 aliphatic rings. The van der Waals surface area contributed by atoms with Gasteiger partial charge in [-0.25, -0.2) is 0 Å². The van der Waals surface area contributed by atoms with E-state index in [9.17, 15) is 20.2 Å². The first kappa shape index (κ1) is 10.9. The van der Waals surface area contributed by atoms with Gasteiger partial charge in [0.05, 0.1) is 22.2 Å². The molecule has 0 aromatic heterocycles. The van der Waals surface area contributed by atoms with E-state index in [-0.39, 0.29) is 17.8 Å². The van der Waals surface area contributed by atoms with Gasteiger partial charge < -0.3 is 4.90 Å². The van der Waals surface area contributed by atoms with Gasteiger partial charge in [0.2, 0.25) is 0 Å². The van der Waals surface area contributed by atoms with Crippen LogP contribution in [0.25, 0.3) is 0 Å². The topological polar surface area (TPSA) is 89.5 Å². The van der Waals surface area contributed by atoms with Gasteiger partial charge in [-0.1, -0.05) is 6.08 Å². The zero-order valence-corrected chi connectivity index (χ0v) is 7.83. The highest BCUT2D eigenvalue weighted by Crippen LogP contribution is 2.19. The lowest BCUT2D eigenvalue weighted by Gasteiger charge is -2.16. The van der Waals surface area contributed by atoms with Crippen molar-refractivity contribution in [3.05, 3.63) is 56.7 Å². The van der Waals surface area contributed by atoms with Crippen molar-refractivity contribution < 1.29 is 9.85 Å². The Morgan fingerprint density at radius 2 is 1.80 bits per heavy atom. The van der Waals surface area contributed by atoms with E-state index in [1.807, 2.05) is 0 Å². The van der Waals surface area contributed by atoms with Crippen LogP contribution in [0, 0.1) is 20.2 Å². The third kappa shape index (κ3) is 2.63. The molecular weight excluding hydrogens is 202 g/mol. The summed E-state index contributed by atoms with van der Waals surface area (Å²) in [6.07, 6.45) is 3.80.